The highest BCUT2D eigenvalue weighted by Gasteiger charge is 2.33. The van der Waals surface area contributed by atoms with E-state index in [0.29, 0.717) is 31.7 Å². The first kappa shape index (κ1) is 35.6. The maximum absolute atomic E-state index is 14.7. The number of alkyl carbamates (subject to hydrolysis) is 1. The highest BCUT2D eigenvalue weighted by Crippen LogP contribution is 2.44. The van der Waals surface area contributed by atoms with Gasteiger partial charge < -0.3 is 24.4 Å². The van der Waals surface area contributed by atoms with E-state index >= 15 is 0 Å². The van der Waals surface area contributed by atoms with Crippen molar-refractivity contribution in [3.8, 4) is 11.1 Å². The lowest BCUT2D eigenvalue weighted by atomic mass is 9.88. The smallest absolute Gasteiger partial charge is 0.408 e. The number of fused-ring (bicyclic) bond motifs is 3. The first-order valence-electron chi connectivity index (χ1n) is 17.9. The molecule has 0 saturated heterocycles. The summed E-state index contributed by atoms with van der Waals surface area (Å²) < 4.78 is 17.8. The minimum atomic E-state index is -0.988. The number of benzene rings is 5. The van der Waals surface area contributed by atoms with Crippen LogP contribution in [-0.2, 0) is 19.0 Å². The number of amides is 2. The van der Waals surface area contributed by atoms with E-state index in [1.807, 2.05) is 105 Å². The van der Waals surface area contributed by atoms with Gasteiger partial charge in [0.15, 0.2) is 6.29 Å². The molecule has 0 fully saturated rings. The number of carbonyl (C=O) groups is 2. The highest BCUT2D eigenvalue weighted by molar-refractivity contribution is 5.87. The van der Waals surface area contributed by atoms with E-state index in [2.05, 4.69) is 53.8 Å². The Bertz CT molecular complexity index is 1760. The number of hydrogen-bond acceptors (Lipinski definition) is 5. The molecule has 7 heteroatoms. The summed E-state index contributed by atoms with van der Waals surface area (Å²) >= 11 is 0. The van der Waals surface area contributed by atoms with Gasteiger partial charge in [0.1, 0.15) is 12.6 Å². The van der Waals surface area contributed by atoms with E-state index in [4.69, 9.17) is 14.2 Å². The number of hydrogen-bond donors (Lipinski definition) is 1. The van der Waals surface area contributed by atoms with E-state index < -0.39 is 18.4 Å². The van der Waals surface area contributed by atoms with E-state index in [-0.39, 0.29) is 30.9 Å². The quantitative estimate of drug-likeness (QED) is 0.105. The Morgan fingerprint density at radius 3 is 1.63 bits per heavy atom. The van der Waals surface area contributed by atoms with Gasteiger partial charge in [0.2, 0.25) is 5.91 Å². The van der Waals surface area contributed by atoms with Crippen LogP contribution in [0.4, 0.5) is 4.79 Å². The predicted molar refractivity (Wildman–Crippen MR) is 200 cm³/mol. The zero-order chi connectivity index (χ0) is 35.4. The standard InChI is InChI=1S/C44H46N2O5/c1-3-49-41(50-4-2)30-46(29-28-35(32-18-8-5-9-19-32)33-20-10-6-11-21-33)43(47)42(34-22-12-7-13-23-34)45-44(48)51-31-40-38-26-16-14-24-36(38)37-25-15-17-27-39(37)40/h5-27,35,40-42H,3-4,28-31H2,1-2H3,(H,45,48)/t42-/m0/s1. The van der Waals surface area contributed by atoms with Crippen LogP contribution in [0.25, 0.3) is 11.1 Å². The fourth-order valence-corrected chi connectivity index (χ4v) is 7.05. The molecule has 0 unspecified atom stereocenters. The van der Waals surface area contributed by atoms with Gasteiger partial charge in [0.05, 0.1) is 6.54 Å². The van der Waals surface area contributed by atoms with Crippen LogP contribution >= 0.6 is 0 Å². The van der Waals surface area contributed by atoms with Crippen molar-refractivity contribution in [2.75, 3.05) is 32.9 Å². The molecule has 0 aliphatic heterocycles. The SMILES string of the molecule is CCOC(CN(CCC(c1ccccc1)c1ccccc1)C(=O)[C@@H](NC(=O)OCC1c2ccccc2-c2ccccc21)c1ccccc1)OCC. The summed E-state index contributed by atoms with van der Waals surface area (Å²) in [6.07, 6.45) is -0.629. The maximum atomic E-state index is 14.7. The fourth-order valence-electron chi connectivity index (χ4n) is 7.05. The van der Waals surface area contributed by atoms with Gasteiger partial charge in [0, 0.05) is 31.6 Å². The summed E-state index contributed by atoms with van der Waals surface area (Å²) in [6, 6.07) is 45.4. The van der Waals surface area contributed by atoms with Gasteiger partial charge in [0.25, 0.3) is 0 Å². The van der Waals surface area contributed by atoms with Crippen LogP contribution in [-0.4, -0.2) is 56.1 Å². The molecule has 5 aromatic carbocycles. The first-order chi connectivity index (χ1) is 25.1. The van der Waals surface area contributed by atoms with Crippen molar-refractivity contribution in [1.82, 2.24) is 10.2 Å². The minimum Gasteiger partial charge on any atom is -0.449 e. The molecule has 262 valence electrons. The molecule has 6 rings (SSSR count). The molecule has 5 aromatic rings. The van der Waals surface area contributed by atoms with Gasteiger partial charge in [-0.05, 0) is 59.2 Å². The molecule has 1 aliphatic carbocycles. The molecule has 0 bridgehead atoms. The number of nitrogens with one attached hydrogen (secondary N) is 1. The third-order valence-corrected chi connectivity index (χ3v) is 9.46. The molecule has 7 nitrogen and oxygen atoms in total. The Morgan fingerprint density at radius 2 is 1.12 bits per heavy atom. The van der Waals surface area contributed by atoms with Crippen LogP contribution in [0.15, 0.2) is 140 Å². The second-order valence-corrected chi connectivity index (χ2v) is 12.6. The van der Waals surface area contributed by atoms with Gasteiger partial charge in [-0.2, -0.15) is 0 Å². The highest BCUT2D eigenvalue weighted by atomic mass is 16.7. The Balaban J connectivity index is 1.24. The van der Waals surface area contributed by atoms with Crippen molar-refractivity contribution < 1.29 is 23.8 Å². The van der Waals surface area contributed by atoms with E-state index in [1.54, 1.807) is 4.90 Å². The van der Waals surface area contributed by atoms with Crippen molar-refractivity contribution in [3.05, 3.63) is 167 Å². The Labute approximate surface area is 301 Å². The molecule has 1 atom stereocenters. The molecule has 1 aliphatic rings. The summed E-state index contributed by atoms with van der Waals surface area (Å²) in [5, 5.41) is 2.94. The monoisotopic (exact) mass is 682 g/mol. The van der Waals surface area contributed by atoms with E-state index in [0.717, 1.165) is 22.3 Å². The van der Waals surface area contributed by atoms with Crippen LogP contribution in [0.1, 0.15) is 66.0 Å². The molecule has 0 aromatic heterocycles. The summed E-state index contributed by atoms with van der Waals surface area (Å²) in [4.78, 5) is 30.1. The number of carbonyl (C=O) groups excluding carboxylic acids is 2. The zero-order valence-electron chi connectivity index (χ0n) is 29.3. The molecule has 1 N–H and O–H groups in total. The lowest BCUT2D eigenvalue weighted by molar-refractivity contribution is -0.160. The van der Waals surface area contributed by atoms with Crippen LogP contribution in [0.2, 0.25) is 0 Å². The predicted octanol–water partition coefficient (Wildman–Crippen LogP) is 8.72. The lowest BCUT2D eigenvalue weighted by Crippen LogP contribution is -2.47. The minimum absolute atomic E-state index is 0.0469. The average molecular weight is 683 g/mol. The van der Waals surface area contributed by atoms with Gasteiger partial charge in [-0.25, -0.2) is 4.79 Å². The second-order valence-electron chi connectivity index (χ2n) is 12.6. The average Bonchev–Trinajstić information content (AvgIpc) is 3.50. The van der Waals surface area contributed by atoms with E-state index in [9.17, 15) is 9.59 Å². The van der Waals surface area contributed by atoms with E-state index in [1.165, 1.54) is 11.1 Å². The summed E-state index contributed by atoms with van der Waals surface area (Å²) in [5.41, 5.74) is 7.54. The summed E-state index contributed by atoms with van der Waals surface area (Å²) in [5.74, 6) is -0.318. The van der Waals surface area contributed by atoms with Crippen molar-refractivity contribution in [1.29, 1.82) is 0 Å². The Kier molecular flexibility index (Phi) is 12.3. The topological polar surface area (TPSA) is 77.1 Å². The van der Waals surface area contributed by atoms with Crippen LogP contribution < -0.4 is 5.32 Å². The molecule has 2 amide bonds. The van der Waals surface area contributed by atoms with Crippen molar-refractivity contribution in [3.63, 3.8) is 0 Å². The van der Waals surface area contributed by atoms with Crippen LogP contribution in [0, 0.1) is 0 Å². The Morgan fingerprint density at radius 1 is 0.647 bits per heavy atom. The van der Waals surface area contributed by atoms with Gasteiger partial charge >= 0.3 is 6.09 Å². The second kappa shape index (κ2) is 17.6. The summed E-state index contributed by atoms with van der Waals surface area (Å²) in [6.45, 7) is 5.43. The van der Waals surface area contributed by atoms with Gasteiger partial charge in [-0.1, -0.05) is 140 Å². The van der Waals surface area contributed by atoms with Crippen LogP contribution in [0.3, 0.4) is 0 Å². The van der Waals surface area contributed by atoms with Crippen LogP contribution in [0.5, 0.6) is 0 Å². The molecular formula is C44H46N2O5. The molecule has 0 radical (unpaired) electrons. The third-order valence-electron chi connectivity index (χ3n) is 9.46. The number of nitrogens with zero attached hydrogens (tertiary/aromatic N) is 1. The van der Waals surface area contributed by atoms with Crippen molar-refractivity contribution in [2.45, 2.75) is 44.4 Å². The van der Waals surface area contributed by atoms with Gasteiger partial charge in [-0.15, -0.1) is 0 Å². The first-order valence-corrected chi connectivity index (χ1v) is 17.9. The van der Waals surface area contributed by atoms with Gasteiger partial charge in [-0.3, -0.25) is 4.79 Å². The number of ether oxygens (including phenoxy) is 3. The maximum Gasteiger partial charge on any atom is 0.408 e. The van der Waals surface area contributed by atoms with Crippen molar-refractivity contribution >= 4 is 12.0 Å². The number of rotatable bonds is 16. The zero-order valence-corrected chi connectivity index (χ0v) is 29.3. The Hall–Kier alpha value is -5.24. The summed E-state index contributed by atoms with van der Waals surface area (Å²) in [7, 11) is 0. The molecule has 0 spiro atoms. The lowest BCUT2D eigenvalue weighted by Gasteiger charge is -2.32. The largest absolute Gasteiger partial charge is 0.449 e. The molecule has 51 heavy (non-hydrogen) atoms. The molecular weight excluding hydrogens is 636 g/mol. The normalized spacial score (nSPS) is 12.7. The molecule has 0 saturated carbocycles. The molecule has 0 heterocycles. The van der Waals surface area contributed by atoms with Crippen molar-refractivity contribution in [2.24, 2.45) is 0 Å². The third kappa shape index (κ3) is 8.74. The fraction of sp³-hybridized carbons (Fsp3) is 0.273.